The molecular weight excluding hydrogens is 428 g/mol. The number of hydrogen-bond acceptors (Lipinski definition) is 5. The van der Waals surface area contributed by atoms with Gasteiger partial charge in [0.05, 0.1) is 25.5 Å². The molecule has 0 radical (unpaired) electrons. The van der Waals surface area contributed by atoms with Crippen LogP contribution in [0.25, 0.3) is 5.57 Å². The number of anilines is 2. The van der Waals surface area contributed by atoms with Crippen molar-refractivity contribution in [2.45, 2.75) is 26.7 Å². The van der Waals surface area contributed by atoms with Gasteiger partial charge < -0.3 is 14.8 Å². The zero-order valence-electron chi connectivity index (χ0n) is 20.0. The maximum absolute atomic E-state index is 13.7. The molecule has 4 rings (SSSR count). The number of methoxy groups -OCH3 is 2. The van der Waals surface area contributed by atoms with Gasteiger partial charge in [0.15, 0.2) is 11.5 Å². The molecule has 1 aliphatic rings. The molecule has 6 heteroatoms. The van der Waals surface area contributed by atoms with Gasteiger partial charge in [-0.05, 0) is 65.9 Å². The Hall–Kier alpha value is -4.06. The Bertz CT molecular complexity index is 1280. The zero-order chi connectivity index (χ0) is 24.4. The number of nitrogens with zero attached hydrogens (tertiary/aromatic N) is 1. The molecule has 0 saturated carbocycles. The third kappa shape index (κ3) is 4.27. The van der Waals surface area contributed by atoms with Crippen molar-refractivity contribution < 1.29 is 19.1 Å². The van der Waals surface area contributed by atoms with E-state index >= 15 is 0 Å². The summed E-state index contributed by atoms with van der Waals surface area (Å²) in [6, 6.07) is 20.4. The Labute approximate surface area is 199 Å². The number of imide groups is 1. The van der Waals surface area contributed by atoms with Crippen molar-refractivity contribution in [3.05, 3.63) is 89.1 Å². The Morgan fingerprint density at radius 2 is 1.53 bits per heavy atom. The second-order valence-electron chi connectivity index (χ2n) is 8.51. The van der Waals surface area contributed by atoms with Crippen LogP contribution < -0.4 is 19.7 Å². The van der Waals surface area contributed by atoms with E-state index in [0.29, 0.717) is 28.7 Å². The summed E-state index contributed by atoms with van der Waals surface area (Å²) in [6.45, 7) is 6.17. The van der Waals surface area contributed by atoms with Crippen molar-refractivity contribution in [3.63, 3.8) is 0 Å². The van der Waals surface area contributed by atoms with E-state index in [2.05, 4.69) is 19.2 Å². The number of carbonyl (C=O) groups is 2. The first-order valence-corrected chi connectivity index (χ1v) is 11.1. The highest BCUT2D eigenvalue weighted by Gasteiger charge is 2.40. The van der Waals surface area contributed by atoms with Crippen LogP contribution in [-0.4, -0.2) is 26.0 Å². The number of hydrogen-bond donors (Lipinski definition) is 1. The van der Waals surface area contributed by atoms with Gasteiger partial charge in [-0.15, -0.1) is 0 Å². The van der Waals surface area contributed by atoms with Gasteiger partial charge in [0.25, 0.3) is 11.8 Å². The summed E-state index contributed by atoms with van der Waals surface area (Å²) in [5, 5.41) is 3.21. The van der Waals surface area contributed by atoms with Crippen molar-refractivity contribution in [2.24, 2.45) is 0 Å². The van der Waals surface area contributed by atoms with Crippen molar-refractivity contribution in [3.8, 4) is 11.5 Å². The van der Waals surface area contributed by atoms with E-state index in [-0.39, 0.29) is 11.3 Å². The van der Waals surface area contributed by atoms with Gasteiger partial charge in [-0.25, -0.2) is 4.90 Å². The summed E-state index contributed by atoms with van der Waals surface area (Å²) in [4.78, 5) is 28.5. The summed E-state index contributed by atoms with van der Waals surface area (Å²) >= 11 is 0. The monoisotopic (exact) mass is 456 g/mol. The SMILES string of the molecule is COc1ccc(C2=C(Nc3ccc(C(C)C)cc3)C(=O)N(c3cccc(C)c3)C2=O)cc1OC. The van der Waals surface area contributed by atoms with Crippen molar-refractivity contribution in [2.75, 3.05) is 24.4 Å². The van der Waals surface area contributed by atoms with Gasteiger partial charge in [0.1, 0.15) is 5.70 Å². The minimum atomic E-state index is -0.409. The molecule has 34 heavy (non-hydrogen) atoms. The average molecular weight is 457 g/mol. The standard InChI is InChI=1S/C28H28N2O4/c1-17(2)19-9-12-21(13-10-19)29-26-25(20-11-14-23(33-4)24(16-20)34-5)27(31)30(28(26)32)22-8-6-7-18(3)15-22/h6-17,29H,1-5H3. The quantitative estimate of drug-likeness (QED) is 0.473. The Kier molecular flexibility index (Phi) is 6.41. The average Bonchev–Trinajstić information content (AvgIpc) is 3.08. The van der Waals surface area contributed by atoms with Crippen LogP contribution in [0.2, 0.25) is 0 Å². The fourth-order valence-corrected chi connectivity index (χ4v) is 4.00. The van der Waals surface area contributed by atoms with Crippen molar-refractivity contribution in [1.82, 2.24) is 0 Å². The summed E-state index contributed by atoms with van der Waals surface area (Å²) < 4.78 is 10.8. The van der Waals surface area contributed by atoms with E-state index in [4.69, 9.17) is 9.47 Å². The summed E-state index contributed by atoms with van der Waals surface area (Å²) in [6.07, 6.45) is 0. The first-order valence-electron chi connectivity index (χ1n) is 11.1. The second kappa shape index (κ2) is 9.43. The predicted octanol–water partition coefficient (Wildman–Crippen LogP) is 5.53. The first-order chi connectivity index (χ1) is 16.3. The summed E-state index contributed by atoms with van der Waals surface area (Å²) in [7, 11) is 3.08. The highest BCUT2D eigenvalue weighted by atomic mass is 16.5. The number of nitrogens with one attached hydrogen (secondary N) is 1. The molecule has 2 amide bonds. The third-order valence-electron chi connectivity index (χ3n) is 5.86. The number of rotatable bonds is 7. The minimum absolute atomic E-state index is 0.219. The molecule has 0 bridgehead atoms. The normalized spacial score (nSPS) is 13.6. The third-order valence-corrected chi connectivity index (χ3v) is 5.86. The smallest absolute Gasteiger partial charge is 0.282 e. The van der Waals surface area contributed by atoms with E-state index in [9.17, 15) is 9.59 Å². The number of benzene rings is 3. The van der Waals surface area contributed by atoms with Gasteiger partial charge >= 0.3 is 0 Å². The van der Waals surface area contributed by atoms with Gasteiger partial charge in [-0.2, -0.15) is 0 Å². The number of amides is 2. The molecule has 1 heterocycles. The summed E-state index contributed by atoms with van der Waals surface area (Å²) in [5.74, 6) is 0.597. The molecule has 0 atom stereocenters. The van der Waals surface area contributed by atoms with Gasteiger partial charge in [-0.1, -0.05) is 44.2 Å². The number of carbonyl (C=O) groups excluding carboxylic acids is 2. The van der Waals surface area contributed by atoms with Crippen LogP contribution >= 0.6 is 0 Å². The van der Waals surface area contributed by atoms with E-state index in [1.165, 1.54) is 17.6 Å². The summed E-state index contributed by atoms with van der Waals surface area (Å²) in [5.41, 5.74) is 4.46. The molecule has 0 fully saturated rings. The van der Waals surface area contributed by atoms with Gasteiger partial charge in [0, 0.05) is 5.69 Å². The van der Waals surface area contributed by atoms with Crippen LogP contribution in [0.5, 0.6) is 11.5 Å². The highest BCUT2D eigenvalue weighted by molar-refractivity contribution is 6.46. The lowest BCUT2D eigenvalue weighted by Gasteiger charge is -2.16. The predicted molar refractivity (Wildman–Crippen MR) is 134 cm³/mol. The van der Waals surface area contributed by atoms with Crippen LogP contribution in [-0.2, 0) is 9.59 Å². The van der Waals surface area contributed by atoms with Crippen LogP contribution in [0, 0.1) is 6.92 Å². The molecule has 0 aliphatic carbocycles. The first kappa shape index (κ1) is 23.1. The van der Waals surface area contributed by atoms with Crippen molar-refractivity contribution in [1.29, 1.82) is 0 Å². The zero-order valence-corrected chi connectivity index (χ0v) is 20.0. The number of aryl methyl sites for hydroxylation is 1. The molecule has 0 spiro atoms. The fraction of sp³-hybridized carbons (Fsp3) is 0.214. The van der Waals surface area contributed by atoms with Crippen LogP contribution in [0.1, 0.15) is 36.5 Å². The van der Waals surface area contributed by atoms with Gasteiger partial charge in [-0.3, -0.25) is 9.59 Å². The molecule has 3 aromatic rings. The molecule has 0 aromatic heterocycles. The molecule has 0 saturated heterocycles. The lowest BCUT2D eigenvalue weighted by molar-refractivity contribution is -0.120. The minimum Gasteiger partial charge on any atom is -0.493 e. The van der Waals surface area contributed by atoms with Crippen LogP contribution in [0.15, 0.2) is 72.4 Å². The molecule has 1 aliphatic heterocycles. The van der Waals surface area contributed by atoms with E-state index in [1.807, 2.05) is 49.4 Å². The van der Waals surface area contributed by atoms with Crippen LogP contribution in [0.4, 0.5) is 11.4 Å². The molecule has 6 nitrogen and oxygen atoms in total. The van der Waals surface area contributed by atoms with Crippen LogP contribution in [0.3, 0.4) is 0 Å². The van der Waals surface area contributed by atoms with E-state index in [0.717, 1.165) is 11.3 Å². The topological polar surface area (TPSA) is 67.9 Å². The number of ether oxygens (including phenoxy) is 2. The molecule has 174 valence electrons. The fourth-order valence-electron chi connectivity index (χ4n) is 4.00. The Morgan fingerprint density at radius 1 is 0.824 bits per heavy atom. The second-order valence-corrected chi connectivity index (χ2v) is 8.51. The van der Waals surface area contributed by atoms with E-state index < -0.39 is 11.8 Å². The van der Waals surface area contributed by atoms with Gasteiger partial charge in [0.2, 0.25) is 0 Å². The van der Waals surface area contributed by atoms with E-state index in [1.54, 1.807) is 31.4 Å². The lowest BCUT2D eigenvalue weighted by Crippen LogP contribution is -2.32. The maximum atomic E-state index is 13.7. The Morgan fingerprint density at radius 3 is 2.15 bits per heavy atom. The largest absolute Gasteiger partial charge is 0.493 e. The van der Waals surface area contributed by atoms with Crippen molar-refractivity contribution >= 4 is 28.8 Å². The lowest BCUT2D eigenvalue weighted by atomic mass is 10.0. The molecule has 3 aromatic carbocycles. The highest BCUT2D eigenvalue weighted by Crippen LogP contribution is 2.37. The molecule has 0 unspecified atom stereocenters. The molecular formula is C28H28N2O4. The Balaban J connectivity index is 1.82. The molecule has 1 N–H and O–H groups in total. The maximum Gasteiger partial charge on any atom is 0.282 e.